The summed E-state index contributed by atoms with van der Waals surface area (Å²) in [6.45, 7) is 7.24. The van der Waals surface area contributed by atoms with Gasteiger partial charge in [0, 0.05) is 25.6 Å². The van der Waals surface area contributed by atoms with Crippen molar-refractivity contribution in [3.8, 4) is 0 Å². The molecule has 7 nitrogen and oxygen atoms in total. The van der Waals surface area contributed by atoms with Gasteiger partial charge in [-0.3, -0.25) is 14.4 Å². The van der Waals surface area contributed by atoms with E-state index in [1.54, 1.807) is 19.9 Å². The Bertz CT molecular complexity index is 418. The molecule has 0 aromatic carbocycles. The number of aliphatic hydroxyl groups is 1. The summed E-state index contributed by atoms with van der Waals surface area (Å²) in [6, 6.07) is 0. The summed E-state index contributed by atoms with van der Waals surface area (Å²) in [5.41, 5.74) is 0. The highest BCUT2D eigenvalue weighted by Gasteiger charge is 2.51. The monoisotopic (exact) mass is 313 g/mol. The van der Waals surface area contributed by atoms with E-state index < -0.39 is 29.7 Å². The maximum absolute atomic E-state index is 12.5. The van der Waals surface area contributed by atoms with Crippen molar-refractivity contribution in [2.24, 2.45) is 17.8 Å². The van der Waals surface area contributed by atoms with Gasteiger partial charge < -0.3 is 19.5 Å². The van der Waals surface area contributed by atoms with Crippen molar-refractivity contribution in [2.45, 2.75) is 13.8 Å². The van der Waals surface area contributed by atoms with Crippen molar-refractivity contribution in [3.05, 3.63) is 12.7 Å². The quantitative estimate of drug-likeness (QED) is 0.385. The molecule has 1 N–H and O–H groups in total. The van der Waals surface area contributed by atoms with E-state index >= 15 is 0 Å². The van der Waals surface area contributed by atoms with Gasteiger partial charge in [-0.15, -0.1) is 6.58 Å². The number of hydrogen-bond acceptors (Lipinski definition) is 6. The normalized spacial score (nSPS) is 21.1. The molecule has 1 fully saturated rings. The van der Waals surface area contributed by atoms with E-state index in [0.717, 1.165) is 0 Å². The summed E-state index contributed by atoms with van der Waals surface area (Å²) in [4.78, 5) is 38.2. The topological polar surface area (TPSA) is 93.1 Å². The second-order valence-corrected chi connectivity index (χ2v) is 4.98. The number of esters is 2. The van der Waals surface area contributed by atoms with E-state index in [1.807, 2.05) is 0 Å². The molecule has 0 unspecified atom stereocenters. The van der Waals surface area contributed by atoms with Crippen LogP contribution in [0, 0.1) is 17.8 Å². The number of likely N-dealkylation sites (tertiary alicyclic amines) is 1. The lowest BCUT2D eigenvalue weighted by Crippen LogP contribution is -2.41. The van der Waals surface area contributed by atoms with E-state index in [0.29, 0.717) is 6.54 Å². The van der Waals surface area contributed by atoms with E-state index in [9.17, 15) is 19.5 Å². The van der Waals surface area contributed by atoms with Gasteiger partial charge in [-0.2, -0.15) is 0 Å². The molecular formula is C15H23NO6. The molecule has 1 heterocycles. The fraction of sp³-hybridized carbons (Fsp3) is 0.667. The molecule has 1 saturated heterocycles. The molecule has 0 aromatic rings. The highest BCUT2D eigenvalue weighted by atomic mass is 16.6. The summed E-state index contributed by atoms with van der Waals surface area (Å²) >= 11 is 0. The molecule has 1 aliphatic rings. The number of carbonyl (C=O) groups excluding carboxylic acids is 3. The minimum atomic E-state index is -1.35. The van der Waals surface area contributed by atoms with Gasteiger partial charge in [0.25, 0.3) is 0 Å². The molecule has 0 bridgehead atoms. The highest BCUT2D eigenvalue weighted by molar-refractivity contribution is 6.00. The van der Waals surface area contributed by atoms with Crippen LogP contribution in [0.25, 0.3) is 0 Å². The fourth-order valence-corrected chi connectivity index (χ4v) is 2.66. The van der Waals surface area contributed by atoms with Gasteiger partial charge in [-0.25, -0.2) is 0 Å². The molecule has 0 aliphatic carbocycles. The number of aliphatic hydroxyl groups excluding tert-OH is 1. The minimum Gasteiger partial charge on any atom is -0.465 e. The van der Waals surface area contributed by atoms with Crippen LogP contribution in [0.3, 0.4) is 0 Å². The third kappa shape index (κ3) is 3.85. The Kier molecular flexibility index (Phi) is 7.04. The third-order valence-corrected chi connectivity index (χ3v) is 3.58. The average Bonchev–Trinajstić information content (AvgIpc) is 2.78. The Hall–Kier alpha value is -1.89. The molecule has 7 heteroatoms. The summed E-state index contributed by atoms with van der Waals surface area (Å²) < 4.78 is 9.82. The molecule has 0 radical (unpaired) electrons. The summed E-state index contributed by atoms with van der Waals surface area (Å²) in [5.74, 6) is -4.80. The molecule has 0 aromatic heterocycles. The molecule has 2 atom stereocenters. The first-order valence-electron chi connectivity index (χ1n) is 7.35. The number of hydrogen-bond donors (Lipinski definition) is 1. The van der Waals surface area contributed by atoms with Crippen LogP contribution < -0.4 is 0 Å². The van der Waals surface area contributed by atoms with Crippen molar-refractivity contribution in [2.75, 3.05) is 32.9 Å². The zero-order chi connectivity index (χ0) is 16.7. The standard InChI is InChI=1S/C15H23NO6/c1-4-7-16-8-10(9-17)11(13(16)18)12(14(19)21-5-2)15(20)22-6-3/h4,10-12,17H,1,5-9H2,2-3H3/t10-,11+/m0/s1. The first-order chi connectivity index (χ1) is 10.5. The van der Waals surface area contributed by atoms with Crippen LogP contribution in [0.1, 0.15) is 13.8 Å². The van der Waals surface area contributed by atoms with Gasteiger partial charge in [0.1, 0.15) is 0 Å². The van der Waals surface area contributed by atoms with Crippen LogP contribution >= 0.6 is 0 Å². The van der Waals surface area contributed by atoms with Gasteiger partial charge in [-0.1, -0.05) is 6.08 Å². The van der Waals surface area contributed by atoms with Crippen molar-refractivity contribution in [3.63, 3.8) is 0 Å². The van der Waals surface area contributed by atoms with Crippen LogP contribution in [0.15, 0.2) is 12.7 Å². The Labute approximate surface area is 129 Å². The fourth-order valence-electron chi connectivity index (χ4n) is 2.66. The van der Waals surface area contributed by atoms with E-state index in [4.69, 9.17) is 9.47 Å². The number of nitrogens with zero attached hydrogens (tertiary/aromatic N) is 1. The Morgan fingerprint density at radius 3 is 2.32 bits per heavy atom. The zero-order valence-electron chi connectivity index (χ0n) is 13.0. The van der Waals surface area contributed by atoms with Crippen molar-refractivity contribution in [1.82, 2.24) is 4.90 Å². The van der Waals surface area contributed by atoms with Crippen LogP contribution in [0.4, 0.5) is 0 Å². The number of carbonyl (C=O) groups is 3. The van der Waals surface area contributed by atoms with Crippen LogP contribution in [0.5, 0.6) is 0 Å². The molecule has 1 amide bonds. The maximum atomic E-state index is 12.5. The van der Waals surface area contributed by atoms with Crippen LogP contribution in [0.2, 0.25) is 0 Å². The molecule has 1 aliphatic heterocycles. The van der Waals surface area contributed by atoms with Crippen molar-refractivity contribution >= 4 is 17.8 Å². The molecule has 1 rings (SSSR count). The van der Waals surface area contributed by atoms with Gasteiger partial charge in [0.15, 0.2) is 5.92 Å². The molecular weight excluding hydrogens is 290 g/mol. The largest absolute Gasteiger partial charge is 0.465 e. The third-order valence-electron chi connectivity index (χ3n) is 3.58. The first kappa shape index (κ1) is 18.2. The number of ether oxygens (including phenoxy) is 2. The van der Waals surface area contributed by atoms with Crippen LogP contribution in [-0.2, 0) is 23.9 Å². The predicted octanol–water partition coefficient (Wildman–Crippen LogP) is -0.0183. The van der Waals surface area contributed by atoms with E-state index in [2.05, 4.69) is 6.58 Å². The van der Waals surface area contributed by atoms with Crippen molar-refractivity contribution in [1.29, 1.82) is 0 Å². The molecule has 0 saturated carbocycles. The lowest BCUT2D eigenvalue weighted by molar-refractivity contribution is -0.167. The Morgan fingerprint density at radius 2 is 1.91 bits per heavy atom. The average molecular weight is 313 g/mol. The maximum Gasteiger partial charge on any atom is 0.321 e. The van der Waals surface area contributed by atoms with Gasteiger partial charge in [0.2, 0.25) is 5.91 Å². The van der Waals surface area contributed by atoms with Crippen LogP contribution in [-0.4, -0.2) is 60.8 Å². The molecule has 22 heavy (non-hydrogen) atoms. The number of rotatable bonds is 8. The van der Waals surface area contributed by atoms with E-state index in [1.165, 1.54) is 4.90 Å². The predicted molar refractivity (Wildman–Crippen MR) is 77.6 cm³/mol. The SMILES string of the molecule is C=CCN1C[C@@H](CO)[C@H](C(C(=O)OCC)C(=O)OCC)C1=O. The van der Waals surface area contributed by atoms with Crippen molar-refractivity contribution < 1.29 is 29.0 Å². The Morgan fingerprint density at radius 1 is 1.36 bits per heavy atom. The zero-order valence-corrected chi connectivity index (χ0v) is 13.0. The summed E-state index contributed by atoms with van der Waals surface area (Å²) in [7, 11) is 0. The lowest BCUT2D eigenvalue weighted by Gasteiger charge is -2.22. The number of amides is 1. The minimum absolute atomic E-state index is 0.0931. The van der Waals surface area contributed by atoms with Gasteiger partial charge in [0.05, 0.1) is 19.1 Å². The first-order valence-corrected chi connectivity index (χ1v) is 7.35. The summed E-state index contributed by atoms with van der Waals surface area (Å²) in [6.07, 6.45) is 1.55. The lowest BCUT2D eigenvalue weighted by atomic mass is 9.83. The molecule has 124 valence electrons. The smallest absolute Gasteiger partial charge is 0.321 e. The van der Waals surface area contributed by atoms with Gasteiger partial charge in [-0.05, 0) is 13.8 Å². The second-order valence-electron chi connectivity index (χ2n) is 4.98. The summed E-state index contributed by atoms with van der Waals surface area (Å²) in [5, 5.41) is 9.50. The highest BCUT2D eigenvalue weighted by Crippen LogP contribution is 2.32. The van der Waals surface area contributed by atoms with E-state index in [-0.39, 0.29) is 32.3 Å². The van der Waals surface area contributed by atoms with Gasteiger partial charge >= 0.3 is 11.9 Å². The Balaban J connectivity index is 3.09. The molecule has 0 spiro atoms. The second kappa shape index (κ2) is 8.53.